The molecule has 0 aromatic heterocycles. The van der Waals surface area contributed by atoms with Crippen LogP contribution in [0.5, 0.6) is 11.5 Å². The Balaban J connectivity index is 3.18. The van der Waals surface area contributed by atoms with Crippen LogP contribution in [0.25, 0.3) is 0 Å². The van der Waals surface area contributed by atoms with Gasteiger partial charge in [-0.15, -0.1) is 0 Å². The molecule has 1 unspecified atom stereocenters. The number of methoxy groups -OCH3 is 2. The van der Waals surface area contributed by atoms with Crippen molar-refractivity contribution in [2.24, 2.45) is 0 Å². The normalized spacial score (nSPS) is 12.0. The Labute approximate surface area is 104 Å². The summed E-state index contributed by atoms with van der Waals surface area (Å²) in [6.45, 7) is 1.99. The van der Waals surface area contributed by atoms with Gasteiger partial charge in [0.1, 0.15) is 17.8 Å². The summed E-state index contributed by atoms with van der Waals surface area (Å²) >= 11 is 3.40. The van der Waals surface area contributed by atoms with Crippen LogP contribution in [0.4, 0.5) is 0 Å². The molecule has 1 aromatic carbocycles. The summed E-state index contributed by atoms with van der Waals surface area (Å²) in [5.41, 5.74) is 0.981. The number of benzene rings is 1. The lowest BCUT2D eigenvalue weighted by atomic mass is 9.97. The number of aldehydes is 1. The van der Waals surface area contributed by atoms with Crippen LogP contribution in [0, 0.1) is 0 Å². The van der Waals surface area contributed by atoms with E-state index < -0.39 is 0 Å². The monoisotopic (exact) mass is 286 g/mol. The fourth-order valence-corrected chi connectivity index (χ4v) is 2.02. The highest BCUT2D eigenvalue weighted by molar-refractivity contribution is 9.10. The average Bonchev–Trinajstić information content (AvgIpc) is 2.28. The van der Waals surface area contributed by atoms with Crippen LogP contribution in [-0.2, 0) is 4.79 Å². The van der Waals surface area contributed by atoms with Crippen LogP contribution < -0.4 is 9.47 Å². The van der Waals surface area contributed by atoms with Crippen molar-refractivity contribution in [3.63, 3.8) is 0 Å². The predicted molar refractivity (Wildman–Crippen MR) is 66.3 cm³/mol. The van der Waals surface area contributed by atoms with Crippen molar-refractivity contribution in [1.82, 2.24) is 0 Å². The van der Waals surface area contributed by atoms with E-state index in [1.54, 1.807) is 14.2 Å². The highest BCUT2D eigenvalue weighted by Gasteiger charge is 2.14. The Morgan fingerprint density at radius 3 is 2.44 bits per heavy atom. The number of hydrogen-bond acceptors (Lipinski definition) is 3. The van der Waals surface area contributed by atoms with Gasteiger partial charge in [0.25, 0.3) is 0 Å². The SMILES string of the molecule is COc1cc(C(C)CC=O)c(OC)cc1Br. The summed E-state index contributed by atoms with van der Waals surface area (Å²) in [6, 6.07) is 3.76. The van der Waals surface area contributed by atoms with Crippen LogP contribution in [0.2, 0.25) is 0 Å². The van der Waals surface area contributed by atoms with Crippen LogP contribution >= 0.6 is 15.9 Å². The van der Waals surface area contributed by atoms with E-state index in [0.29, 0.717) is 6.42 Å². The summed E-state index contributed by atoms with van der Waals surface area (Å²) < 4.78 is 11.4. The topological polar surface area (TPSA) is 35.5 Å². The van der Waals surface area contributed by atoms with Crippen molar-refractivity contribution in [3.8, 4) is 11.5 Å². The van der Waals surface area contributed by atoms with Gasteiger partial charge in [0.15, 0.2) is 0 Å². The third-order valence-corrected chi connectivity index (χ3v) is 3.10. The molecule has 16 heavy (non-hydrogen) atoms. The Bertz CT molecular complexity index is 377. The van der Waals surface area contributed by atoms with E-state index in [0.717, 1.165) is 27.8 Å². The molecule has 0 aliphatic heterocycles. The number of halogens is 1. The largest absolute Gasteiger partial charge is 0.496 e. The average molecular weight is 287 g/mol. The molecule has 88 valence electrons. The molecule has 0 heterocycles. The lowest BCUT2D eigenvalue weighted by Gasteiger charge is -2.16. The van der Waals surface area contributed by atoms with Gasteiger partial charge in [0.05, 0.1) is 18.7 Å². The zero-order chi connectivity index (χ0) is 12.1. The Morgan fingerprint density at radius 2 is 1.94 bits per heavy atom. The van der Waals surface area contributed by atoms with E-state index in [1.807, 2.05) is 19.1 Å². The lowest BCUT2D eigenvalue weighted by Crippen LogP contribution is -2.00. The first kappa shape index (κ1) is 13.0. The van der Waals surface area contributed by atoms with Gasteiger partial charge in [-0.05, 0) is 34.0 Å². The van der Waals surface area contributed by atoms with Gasteiger partial charge in [0.2, 0.25) is 0 Å². The van der Waals surface area contributed by atoms with Gasteiger partial charge in [-0.25, -0.2) is 0 Å². The maximum absolute atomic E-state index is 10.5. The second-order valence-electron chi connectivity index (χ2n) is 3.53. The number of hydrogen-bond donors (Lipinski definition) is 0. The van der Waals surface area contributed by atoms with Crippen molar-refractivity contribution >= 4 is 22.2 Å². The second-order valence-corrected chi connectivity index (χ2v) is 4.39. The van der Waals surface area contributed by atoms with Gasteiger partial charge >= 0.3 is 0 Å². The highest BCUT2D eigenvalue weighted by atomic mass is 79.9. The third-order valence-electron chi connectivity index (χ3n) is 2.48. The zero-order valence-electron chi connectivity index (χ0n) is 9.62. The molecular formula is C12H15BrO3. The Kier molecular flexibility index (Phi) is 4.80. The summed E-state index contributed by atoms with van der Waals surface area (Å²) in [5.74, 6) is 1.63. The first-order valence-electron chi connectivity index (χ1n) is 4.99. The molecule has 0 saturated heterocycles. The van der Waals surface area contributed by atoms with Crippen molar-refractivity contribution in [1.29, 1.82) is 0 Å². The van der Waals surface area contributed by atoms with Crippen LogP contribution in [-0.4, -0.2) is 20.5 Å². The quantitative estimate of drug-likeness (QED) is 0.780. The fraction of sp³-hybridized carbons (Fsp3) is 0.417. The number of rotatable bonds is 5. The number of carbonyl (C=O) groups excluding carboxylic acids is 1. The predicted octanol–water partition coefficient (Wildman–Crippen LogP) is 3.16. The summed E-state index contributed by atoms with van der Waals surface area (Å²) in [7, 11) is 3.23. The molecule has 0 N–H and O–H groups in total. The van der Waals surface area contributed by atoms with Gasteiger partial charge in [-0.1, -0.05) is 6.92 Å². The van der Waals surface area contributed by atoms with Gasteiger partial charge in [-0.2, -0.15) is 0 Å². The molecule has 0 amide bonds. The molecule has 0 bridgehead atoms. The van der Waals surface area contributed by atoms with E-state index in [2.05, 4.69) is 15.9 Å². The van der Waals surface area contributed by atoms with Crippen molar-refractivity contribution in [3.05, 3.63) is 22.2 Å². The van der Waals surface area contributed by atoms with Crippen molar-refractivity contribution < 1.29 is 14.3 Å². The standard InChI is InChI=1S/C12H15BrO3/c1-8(4-5-14)9-6-12(16-3)10(13)7-11(9)15-2/h5-8H,4H2,1-3H3. The summed E-state index contributed by atoms with van der Waals surface area (Å²) in [6.07, 6.45) is 1.39. The molecule has 0 aliphatic rings. The van der Waals surface area contributed by atoms with Crippen LogP contribution in [0.3, 0.4) is 0 Å². The third kappa shape index (κ3) is 2.76. The zero-order valence-corrected chi connectivity index (χ0v) is 11.2. The molecule has 1 aromatic rings. The second kappa shape index (κ2) is 5.89. The maximum Gasteiger partial charge on any atom is 0.133 e. The minimum Gasteiger partial charge on any atom is -0.496 e. The van der Waals surface area contributed by atoms with E-state index >= 15 is 0 Å². The number of ether oxygens (including phenoxy) is 2. The Morgan fingerprint density at radius 1 is 1.31 bits per heavy atom. The van der Waals surface area contributed by atoms with Gasteiger partial charge in [-0.3, -0.25) is 0 Å². The molecular weight excluding hydrogens is 272 g/mol. The van der Waals surface area contributed by atoms with E-state index in [1.165, 1.54) is 0 Å². The molecule has 0 spiro atoms. The van der Waals surface area contributed by atoms with Crippen LogP contribution in [0.1, 0.15) is 24.8 Å². The first-order valence-corrected chi connectivity index (χ1v) is 5.78. The number of carbonyl (C=O) groups is 1. The summed E-state index contributed by atoms with van der Waals surface area (Å²) in [4.78, 5) is 10.5. The fourth-order valence-electron chi connectivity index (χ4n) is 1.54. The lowest BCUT2D eigenvalue weighted by molar-refractivity contribution is -0.108. The van der Waals surface area contributed by atoms with E-state index in [4.69, 9.17) is 9.47 Å². The molecule has 1 atom stereocenters. The molecule has 0 radical (unpaired) electrons. The van der Waals surface area contributed by atoms with Gasteiger partial charge < -0.3 is 14.3 Å². The molecule has 4 heteroatoms. The first-order chi connectivity index (χ1) is 7.63. The van der Waals surface area contributed by atoms with E-state index in [-0.39, 0.29) is 5.92 Å². The molecule has 1 rings (SSSR count). The minimum absolute atomic E-state index is 0.120. The molecule has 0 fully saturated rings. The van der Waals surface area contributed by atoms with E-state index in [9.17, 15) is 4.79 Å². The van der Waals surface area contributed by atoms with Crippen molar-refractivity contribution in [2.45, 2.75) is 19.3 Å². The molecule has 0 aliphatic carbocycles. The van der Waals surface area contributed by atoms with Crippen molar-refractivity contribution in [2.75, 3.05) is 14.2 Å². The maximum atomic E-state index is 10.5. The van der Waals surface area contributed by atoms with Crippen LogP contribution in [0.15, 0.2) is 16.6 Å². The molecule has 3 nitrogen and oxygen atoms in total. The smallest absolute Gasteiger partial charge is 0.133 e. The minimum atomic E-state index is 0.120. The van der Waals surface area contributed by atoms with Gasteiger partial charge in [0, 0.05) is 12.0 Å². The summed E-state index contributed by atoms with van der Waals surface area (Å²) in [5, 5.41) is 0. The highest BCUT2D eigenvalue weighted by Crippen LogP contribution is 2.37. The molecule has 0 saturated carbocycles. The Hall–Kier alpha value is -1.03.